The van der Waals surface area contributed by atoms with Gasteiger partial charge in [0.2, 0.25) is 0 Å². The monoisotopic (exact) mass is 188 g/mol. The third-order valence-corrected chi connectivity index (χ3v) is 2.61. The predicted molar refractivity (Wildman–Crippen MR) is 56.8 cm³/mol. The second kappa shape index (κ2) is 2.91. The summed E-state index contributed by atoms with van der Waals surface area (Å²) in [5.74, 6) is 0.442. The lowest BCUT2D eigenvalue weighted by atomic mass is 10.00. The van der Waals surface area contributed by atoms with Crippen LogP contribution in [0.2, 0.25) is 0 Å². The minimum Gasteiger partial charge on any atom is -0.508 e. The van der Waals surface area contributed by atoms with Gasteiger partial charge in [0.05, 0.1) is 0 Å². The number of aromatic hydroxyl groups is 2. The summed E-state index contributed by atoms with van der Waals surface area (Å²) >= 11 is 0. The molecular weight excluding hydrogens is 176 g/mol. The van der Waals surface area contributed by atoms with Gasteiger partial charge in [0.15, 0.2) is 0 Å². The molecule has 2 aromatic rings. The average molecular weight is 188 g/mol. The Bertz CT molecular complexity index is 501. The molecule has 0 amide bonds. The Morgan fingerprint density at radius 2 is 1.50 bits per heavy atom. The third-order valence-electron chi connectivity index (χ3n) is 2.61. The van der Waals surface area contributed by atoms with Gasteiger partial charge < -0.3 is 10.2 Å². The number of phenolic OH excluding ortho intramolecular Hbond substituents is 2. The normalized spacial score (nSPS) is 10.7. The van der Waals surface area contributed by atoms with E-state index in [4.69, 9.17) is 0 Å². The standard InChI is InChI=1S/C12H12O2/c1-7-3-5-11(14)12-8(2)10(13)6-4-9(7)12/h3-6,13-14H,1-2H3. The number of hydrogen-bond acceptors (Lipinski definition) is 2. The van der Waals surface area contributed by atoms with Crippen LogP contribution in [0.3, 0.4) is 0 Å². The molecule has 0 aliphatic carbocycles. The van der Waals surface area contributed by atoms with Crippen molar-refractivity contribution in [2.24, 2.45) is 0 Å². The van der Waals surface area contributed by atoms with Crippen molar-refractivity contribution in [2.45, 2.75) is 13.8 Å². The van der Waals surface area contributed by atoms with Gasteiger partial charge in [0, 0.05) is 10.9 Å². The van der Waals surface area contributed by atoms with E-state index in [1.165, 1.54) is 0 Å². The summed E-state index contributed by atoms with van der Waals surface area (Å²) in [5.41, 5.74) is 1.82. The van der Waals surface area contributed by atoms with Gasteiger partial charge in [-0.15, -0.1) is 0 Å². The summed E-state index contributed by atoms with van der Waals surface area (Å²) in [7, 11) is 0. The van der Waals surface area contributed by atoms with E-state index in [-0.39, 0.29) is 11.5 Å². The number of phenols is 2. The van der Waals surface area contributed by atoms with Gasteiger partial charge in [-0.1, -0.05) is 12.1 Å². The molecular formula is C12H12O2. The molecule has 2 nitrogen and oxygen atoms in total. The van der Waals surface area contributed by atoms with Crippen LogP contribution in [0.15, 0.2) is 24.3 Å². The van der Waals surface area contributed by atoms with Crippen LogP contribution in [0.1, 0.15) is 11.1 Å². The SMILES string of the molecule is Cc1ccc(O)c2c(C)c(O)ccc12. The molecule has 0 aliphatic rings. The molecule has 0 bridgehead atoms. The Hall–Kier alpha value is -1.70. The number of rotatable bonds is 0. The zero-order chi connectivity index (χ0) is 10.3. The quantitative estimate of drug-likeness (QED) is 0.667. The molecule has 0 aliphatic heterocycles. The van der Waals surface area contributed by atoms with Crippen LogP contribution < -0.4 is 0 Å². The second-order valence-corrected chi connectivity index (χ2v) is 3.53. The summed E-state index contributed by atoms with van der Waals surface area (Å²) < 4.78 is 0. The van der Waals surface area contributed by atoms with Crippen LogP contribution in [-0.2, 0) is 0 Å². The third kappa shape index (κ3) is 1.11. The number of fused-ring (bicyclic) bond motifs is 1. The Kier molecular flexibility index (Phi) is 1.84. The van der Waals surface area contributed by atoms with Crippen LogP contribution in [0.4, 0.5) is 0 Å². The van der Waals surface area contributed by atoms with Crippen molar-refractivity contribution in [3.63, 3.8) is 0 Å². The highest BCUT2D eigenvalue weighted by Crippen LogP contribution is 2.34. The first-order chi connectivity index (χ1) is 6.61. The molecule has 0 atom stereocenters. The minimum absolute atomic E-state index is 0.221. The van der Waals surface area contributed by atoms with Crippen LogP contribution in [0.25, 0.3) is 10.8 Å². The molecule has 0 heterocycles. The fourth-order valence-electron chi connectivity index (χ4n) is 1.74. The molecule has 0 radical (unpaired) electrons. The highest BCUT2D eigenvalue weighted by atomic mass is 16.3. The Morgan fingerprint density at radius 1 is 0.857 bits per heavy atom. The molecule has 2 N–H and O–H groups in total. The second-order valence-electron chi connectivity index (χ2n) is 3.53. The Morgan fingerprint density at radius 3 is 2.21 bits per heavy atom. The van der Waals surface area contributed by atoms with Crippen molar-refractivity contribution < 1.29 is 10.2 Å². The zero-order valence-corrected chi connectivity index (χ0v) is 8.20. The maximum Gasteiger partial charge on any atom is 0.123 e. The lowest BCUT2D eigenvalue weighted by Gasteiger charge is -2.08. The molecule has 0 saturated heterocycles. The maximum atomic E-state index is 9.69. The predicted octanol–water partition coefficient (Wildman–Crippen LogP) is 2.87. The summed E-state index contributed by atoms with van der Waals surface area (Å²) in [4.78, 5) is 0. The first kappa shape index (κ1) is 8.88. The topological polar surface area (TPSA) is 40.5 Å². The molecule has 0 unspecified atom stereocenters. The van der Waals surface area contributed by atoms with E-state index in [2.05, 4.69) is 0 Å². The van der Waals surface area contributed by atoms with E-state index in [0.29, 0.717) is 0 Å². The Balaban J connectivity index is 3.01. The van der Waals surface area contributed by atoms with E-state index >= 15 is 0 Å². The van der Waals surface area contributed by atoms with Crippen molar-refractivity contribution >= 4 is 10.8 Å². The fourth-order valence-corrected chi connectivity index (χ4v) is 1.74. The van der Waals surface area contributed by atoms with Crippen molar-refractivity contribution in [1.29, 1.82) is 0 Å². The molecule has 0 spiro atoms. The number of benzene rings is 2. The van der Waals surface area contributed by atoms with Gasteiger partial charge in [-0.25, -0.2) is 0 Å². The van der Waals surface area contributed by atoms with Crippen molar-refractivity contribution in [3.8, 4) is 11.5 Å². The molecule has 2 rings (SSSR count). The molecule has 0 aromatic heterocycles. The van der Waals surface area contributed by atoms with E-state index in [9.17, 15) is 10.2 Å². The van der Waals surface area contributed by atoms with E-state index in [1.807, 2.05) is 19.1 Å². The molecule has 0 fully saturated rings. The van der Waals surface area contributed by atoms with Crippen molar-refractivity contribution in [3.05, 3.63) is 35.4 Å². The summed E-state index contributed by atoms with van der Waals surface area (Å²) in [6, 6.07) is 7.01. The smallest absolute Gasteiger partial charge is 0.123 e. The number of aryl methyl sites for hydroxylation is 2. The highest BCUT2D eigenvalue weighted by molar-refractivity contribution is 5.94. The van der Waals surface area contributed by atoms with Crippen molar-refractivity contribution in [2.75, 3.05) is 0 Å². The van der Waals surface area contributed by atoms with E-state index < -0.39 is 0 Å². The van der Waals surface area contributed by atoms with Gasteiger partial charge in [0.25, 0.3) is 0 Å². The number of hydrogen-bond donors (Lipinski definition) is 2. The molecule has 2 aromatic carbocycles. The van der Waals surface area contributed by atoms with Gasteiger partial charge in [-0.2, -0.15) is 0 Å². The molecule has 14 heavy (non-hydrogen) atoms. The van der Waals surface area contributed by atoms with Gasteiger partial charge in [-0.3, -0.25) is 0 Å². The Labute approximate surface area is 82.4 Å². The minimum atomic E-state index is 0.221. The van der Waals surface area contributed by atoms with E-state index in [1.54, 1.807) is 19.1 Å². The van der Waals surface area contributed by atoms with Gasteiger partial charge in [0.1, 0.15) is 11.5 Å². The summed E-state index contributed by atoms with van der Waals surface area (Å²) in [5, 5.41) is 20.9. The largest absolute Gasteiger partial charge is 0.508 e. The van der Waals surface area contributed by atoms with Crippen molar-refractivity contribution in [1.82, 2.24) is 0 Å². The maximum absolute atomic E-state index is 9.69. The summed E-state index contributed by atoms with van der Waals surface area (Å²) in [6.07, 6.45) is 0. The van der Waals surface area contributed by atoms with E-state index in [0.717, 1.165) is 21.9 Å². The lowest BCUT2D eigenvalue weighted by Crippen LogP contribution is -1.83. The zero-order valence-electron chi connectivity index (χ0n) is 8.20. The van der Waals surface area contributed by atoms with Crippen LogP contribution in [0, 0.1) is 13.8 Å². The fraction of sp³-hybridized carbons (Fsp3) is 0.167. The highest BCUT2D eigenvalue weighted by Gasteiger charge is 2.07. The first-order valence-electron chi connectivity index (χ1n) is 4.52. The van der Waals surface area contributed by atoms with Crippen LogP contribution >= 0.6 is 0 Å². The lowest BCUT2D eigenvalue weighted by molar-refractivity contribution is 0.468. The van der Waals surface area contributed by atoms with Gasteiger partial charge in [-0.05, 0) is 36.9 Å². The van der Waals surface area contributed by atoms with Gasteiger partial charge >= 0.3 is 0 Å². The first-order valence-corrected chi connectivity index (χ1v) is 4.52. The van der Waals surface area contributed by atoms with Crippen LogP contribution in [0.5, 0.6) is 11.5 Å². The molecule has 72 valence electrons. The summed E-state index contributed by atoms with van der Waals surface area (Å²) in [6.45, 7) is 3.79. The molecule has 0 saturated carbocycles. The van der Waals surface area contributed by atoms with Crippen LogP contribution in [-0.4, -0.2) is 10.2 Å². The molecule has 2 heteroatoms. The average Bonchev–Trinajstić information content (AvgIpc) is 2.16.